The number of hydrogen-bond donors (Lipinski definition) is 2. The minimum atomic E-state index is -1.48. The summed E-state index contributed by atoms with van der Waals surface area (Å²) in [6, 6.07) is 6.25. The molecule has 7 heteroatoms. The molecule has 132 valence electrons. The maximum atomic E-state index is 12.9. The van der Waals surface area contributed by atoms with Gasteiger partial charge in [0.05, 0.1) is 0 Å². The molecule has 3 rings (SSSR count). The zero-order valence-corrected chi connectivity index (χ0v) is 15.0. The number of carbonyl (C=O) groups is 3. The number of hydrazone groups is 1. The number of nitrogens with one attached hydrogen (secondary N) is 1. The number of Topliss-reactive ketones (excluding diaryl/α,β-unsaturated/α-hetero) is 1. The second kappa shape index (κ2) is 5.39. The maximum absolute atomic E-state index is 12.9. The Morgan fingerprint density at radius 3 is 2.28 bits per heavy atom. The molecule has 2 saturated carbocycles. The third-order valence-corrected chi connectivity index (χ3v) is 6.56. The number of carboxylic acid groups (broad SMARTS) is 1. The molecule has 25 heavy (non-hydrogen) atoms. The number of aliphatic carboxylic acids is 1. The number of halogens is 1. The van der Waals surface area contributed by atoms with Crippen LogP contribution in [0.25, 0.3) is 0 Å². The summed E-state index contributed by atoms with van der Waals surface area (Å²) in [6.07, 6.45) is 0.822. The van der Waals surface area contributed by atoms with Gasteiger partial charge in [-0.25, -0.2) is 5.43 Å². The summed E-state index contributed by atoms with van der Waals surface area (Å²) >= 11 is 5.79. The summed E-state index contributed by atoms with van der Waals surface area (Å²) < 4.78 is 0. The van der Waals surface area contributed by atoms with Crippen molar-refractivity contribution in [3.63, 3.8) is 0 Å². The average molecular weight is 363 g/mol. The average Bonchev–Trinajstić information content (AvgIpc) is 2.82. The van der Waals surface area contributed by atoms with Gasteiger partial charge in [-0.05, 0) is 42.5 Å². The summed E-state index contributed by atoms with van der Waals surface area (Å²) in [4.78, 5) is 37.0. The summed E-state index contributed by atoms with van der Waals surface area (Å²) in [5.41, 5.74) is -0.0956. The van der Waals surface area contributed by atoms with Gasteiger partial charge in [-0.3, -0.25) is 14.4 Å². The van der Waals surface area contributed by atoms with E-state index in [1.54, 1.807) is 38.1 Å². The predicted octanol–water partition coefficient (Wildman–Crippen LogP) is 2.91. The third-order valence-electron chi connectivity index (χ3n) is 6.31. The molecule has 2 N–H and O–H groups in total. The fourth-order valence-electron chi connectivity index (χ4n) is 4.22. The first-order chi connectivity index (χ1) is 11.6. The molecule has 1 aromatic rings. The lowest BCUT2D eigenvalue weighted by Gasteiger charge is -2.36. The van der Waals surface area contributed by atoms with Gasteiger partial charge in [0.2, 0.25) is 0 Å². The first-order valence-electron chi connectivity index (χ1n) is 8.00. The molecular formula is C18H19ClN2O4. The van der Waals surface area contributed by atoms with Crippen LogP contribution in [0.2, 0.25) is 5.02 Å². The molecule has 0 aliphatic heterocycles. The van der Waals surface area contributed by atoms with E-state index in [4.69, 9.17) is 11.6 Å². The Labute approximate surface area is 150 Å². The van der Waals surface area contributed by atoms with E-state index in [1.165, 1.54) is 0 Å². The van der Waals surface area contributed by atoms with E-state index >= 15 is 0 Å². The van der Waals surface area contributed by atoms with Crippen LogP contribution in [0.4, 0.5) is 0 Å². The molecule has 1 amide bonds. The second-order valence-electron chi connectivity index (χ2n) is 7.40. The monoisotopic (exact) mass is 362 g/mol. The number of ketones is 1. The van der Waals surface area contributed by atoms with Crippen molar-refractivity contribution in [3.05, 3.63) is 34.9 Å². The van der Waals surface area contributed by atoms with E-state index in [0.717, 1.165) is 0 Å². The Balaban J connectivity index is 1.94. The summed E-state index contributed by atoms with van der Waals surface area (Å²) in [5.74, 6) is -2.11. The van der Waals surface area contributed by atoms with E-state index in [0.29, 0.717) is 17.0 Å². The highest BCUT2D eigenvalue weighted by Crippen LogP contribution is 2.69. The third kappa shape index (κ3) is 2.10. The molecule has 1 aromatic carbocycles. The first-order valence-corrected chi connectivity index (χ1v) is 8.38. The van der Waals surface area contributed by atoms with Gasteiger partial charge in [0.25, 0.3) is 5.91 Å². The van der Waals surface area contributed by atoms with Crippen LogP contribution in [0.3, 0.4) is 0 Å². The largest absolute Gasteiger partial charge is 0.480 e. The number of carboxylic acids is 1. The molecule has 0 heterocycles. The zero-order valence-electron chi connectivity index (χ0n) is 14.2. The first kappa shape index (κ1) is 17.6. The molecule has 2 aliphatic rings. The maximum Gasteiger partial charge on any atom is 0.318 e. The minimum absolute atomic E-state index is 0.133. The smallest absolute Gasteiger partial charge is 0.318 e. The molecule has 2 atom stereocenters. The number of rotatable bonds is 3. The Morgan fingerprint density at radius 1 is 1.16 bits per heavy atom. The van der Waals surface area contributed by atoms with Gasteiger partial charge in [0.15, 0.2) is 5.78 Å². The van der Waals surface area contributed by atoms with Crippen molar-refractivity contribution < 1.29 is 19.5 Å². The number of fused-ring (bicyclic) bond motifs is 2. The number of carbonyl (C=O) groups excluding carboxylic acids is 2. The zero-order chi connectivity index (χ0) is 18.6. The molecule has 2 fully saturated rings. The van der Waals surface area contributed by atoms with Crippen LogP contribution in [-0.2, 0) is 9.59 Å². The molecule has 0 spiro atoms. The SMILES string of the molecule is CC1(C)[C@]2(C(=O)O)CC[C@]1(C)/C(=N\NC(=O)c1ccc(Cl)cc1)C2=O. The fourth-order valence-corrected chi connectivity index (χ4v) is 4.34. The summed E-state index contributed by atoms with van der Waals surface area (Å²) in [7, 11) is 0. The van der Waals surface area contributed by atoms with Gasteiger partial charge in [0.1, 0.15) is 11.1 Å². The molecule has 0 aromatic heterocycles. The van der Waals surface area contributed by atoms with Crippen molar-refractivity contribution in [2.75, 3.05) is 0 Å². The predicted molar refractivity (Wildman–Crippen MR) is 92.6 cm³/mol. The van der Waals surface area contributed by atoms with Crippen LogP contribution < -0.4 is 5.43 Å². The Bertz CT molecular complexity index is 815. The van der Waals surface area contributed by atoms with Gasteiger partial charge >= 0.3 is 5.97 Å². The number of hydrogen-bond acceptors (Lipinski definition) is 4. The van der Waals surface area contributed by atoms with Crippen LogP contribution in [0, 0.1) is 16.2 Å². The molecular weight excluding hydrogens is 344 g/mol. The van der Waals surface area contributed by atoms with Crippen LogP contribution in [0.1, 0.15) is 44.0 Å². The van der Waals surface area contributed by atoms with Crippen molar-refractivity contribution in [1.82, 2.24) is 5.43 Å². The Hall–Kier alpha value is -2.21. The quantitative estimate of drug-likeness (QED) is 0.638. The van der Waals surface area contributed by atoms with Crippen molar-refractivity contribution in [2.24, 2.45) is 21.3 Å². The molecule has 2 aliphatic carbocycles. The molecule has 2 bridgehead atoms. The van der Waals surface area contributed by atoms with Gasteiger partial charge in [-0.2, -0.15) is 5.10 Å². The van der Waals surface area contributed by atoms with E-state index in [9.17, 15) is 19.5 Å². The highest BCUT2D eigenvalue weighted by Gasteiger charge is 2.77. The highest BCUT2D eigenvalue weighted by atomic mass is 35.5. The highest BCUT2D eigenvalue weighted by molar-refractivity contribution is 6.50. The van der Waals surface area contributed by atoms with Gasteiger partial charge in [-0.15, -0.1) is 0 Å². The van der Waals surface area contributed by atoms with Crippen LogP contribution in [-0.4, -0.2) is 28.5 Å². The van der Waals surface area contributed by atoms with Gasteiger partial charge in [0, 0.05) is 16.0 Å². The Kier molecular flexibility index (Phi) is 3.80. The van der Waals surface area contributed by atoms with E-state index < -0.39 is 33.9 Å². The summed E-state index contributed by atoms with van der Waals surface area (Å²) in [6.45, 7) is 5.42. The molecule has 0 unspecified atom stereocenters. The van der Waals surface area contributed by atoms with Crippen LogP contribution in [0.5, 0.6) is 0 Å². The van der Waals surface area contributed by atoms with Crippen molar-refractivity contribution >= 4 is 35.0 Å². The molecule has 0 saturated heterocycles. The van der Waals surface area contributed by atoms with E-state index in [-0.39, 0.29) is 12.1 Å². The lowest BCUT2D eigenvalue weighted by molar-refractivity contribution is -0.158. The molecule has 6 nitrogen and oxygen atoms in total. The second-order valence-corrected chi connectivity index (χ2v) is 7.84. The Morgan fingerprint density at radius 2 is 1.76 bits per heavy atom. The van der Waals surface area contributed by atoms with Crippen LogP contribution in [0.15, 0.2) is 29.4 Å². The van der Waals surface area contributed by atoms with Crippen molar-refractivity contribution in [2.45, 2.75) is 33.6 Å². The normalized spacial score (nSPS) is 31.4. The van der Waals surface area contributed by atoms with Gasteiger partial charge in [-0.1, -0.05) is 32.4 Å². The van der Waals surface area contributed by atoms with Crippen LogP contribution >= 0.6 is 11.6 Å². The lowest BCUT2D eigenvalue weighted by atomic mass is 9.65. The standard InChI is InChI=1S/C18H19ClN2O4/c1-16(2)17(3)8-9-18(16,15(24)25)13(22)12(17)20-21-14(23)10-4-6-11(19)7-5-10/h4-7H,8-9H2,1-3H3,(H,21,23)(H,24,25)/b20-12-/t17-,18-/m1/s1. The fraction of sp³-hybridized carbons (Fsp3) is 0.444. The number of nitrogens with zero attached hydrogens (tertiary/aromatic N) is 1. The number of benzene rings is 1. The van der Waals surface area contributed by atoms with Crippen molar-refractivity contribution in [1.29, 1.82) is 0 Å². The lowest BCUT2D eigenvalue weighted by Crippen LogP contribution is -2.44. The topological polar surface area (TPSA) is 95.8 Å². The van der Waals surface area contributed by atoms with E-state index in [2.05, 4.69) is 10.5 Å². The number of amides is 1. The van der Waals surface area contributed by atoms with E-state index in [1.807, 2.05) is 6.92 Å². The minimum Gasteiger partial charge on any atom is -0.480 e. The van der Waals surface area contributed by atoms with Crippen molar-refractivity contribution in [3.8, 4) is 0 Å². The van der Waals surface area contributed by atoms with Gasteiger partial charge < -0.3 is 5.11 Å². The molecule has 0 radical (unpaired) electrons. The summed E-state index contributed by atoms with van der Waals surface area (Å²) in [5, 5.41) is 14.3.